The lowest BCUT2D eigenvalue weighted by molar-refractivity contribution is 0.0703. The summed E-state index contributed by atoms with van der Waals surface area (Å²) < 4.78 is 2.19. The fourth-order valence-electron chi connectivity index (χ4n) is 3.00. The Bertz CT molecular complexity index is 649. The molecule has 2 aromatic rings. The van der Waals surface area contributed by atoms with Crippen LogP contribution in [0.25, 0.3) is 0 Å². The maximum Gasteiger partial charge on any atom is 0.255 e. The molecule has 3 heterocycles. The van der Waals surface area contributed by atoms with Gasteiger partial charge >= 0.3 is 0 Å². The van der Waals surface area contributed by atoms with Gasteiger partial charge in [0.05, 0.1) is 12.1 Å². The third-order valence-corrected chi connectivity index (χ3v) is 5.23. The highest BCUT2D eigenvalue weighted by Gasteiger charge is 2.27. The molecule has 0 aliphatic carbocycles. The van der Waals surface area contributed by atoms with E-state index in [1.165, 1.54) is 0 Å². The molecule has 6 heteroatoms. The summed E-state index contributed by atoms with van der Waals surface area (Å²) in [5.41, 5.74) is 0.783. The lowest BCUT2D eigenvalue weighted by atomic mass is 10.1. The van der Waals surface area contributed by atoms with Crippen LogP contribution in [-0.4, -0.2) is 51.4 Å². The molecule has 0 saturated heterocycles. The summed E-state index contributed by atoms with van der Waals surface area (Å²) in [5.74, 6) is 1.49. The highest BCUT2D eigenvalue weighted by molar-refractivity contribution is 7.08. The zero-order valence-corrected chi connectivity index (χ0v) is 14.8. The van der Waals surface area contributed by atoms with Crippen molar-refractivity contribution in [1.82, 2.24) is 19.4 Å². The summed E-state index contributed by atoms with van der Waals surface area (Å²) in [6.45, 7) is 7.66. The average molecular weight is 332 g/mol. The van der Waals surface area contributed by atoms with Crippen LogP contribution in [0.1, 0.15) is 30.0 Å². The highest BCUT2D eigenvalue weighted by Crippen LogP contribution is 2.20. The maximum absolute atomic E-state index is 12.8. The fourth-order valence-corrected chi connectivity index (χ4v) is 3.63. The van der Waals surface area contributed by atoms with E-state index in [0.717, 1.165) is 31.0 Å². The molecule has 0 spiro atoms. The molecule has 1 atom stereocenters. The lowest BCUT2D eigenvalue weighted by Crippen LogP contribution is -2.39. The Morgan fingerprint density at radius 2 is 2.30 bits per heavy atom. The van der Waals surface area contributed by atoms with Crippen LogP contribution in [0.15, 0.2) is 29.2 Å². The van der Waals surface area contributed by atoms with Crippen molar-refractivity contribution in [1.29, 1.82) is 0 Å². The van der Waals surface area contributed by atoms with Gasteiger partial charge in [-0.05, 0) is 32.3 Å². The van der Waals surface area contributed by atoms with Crippen LogP contribution < -0.4 is 0 Å². The van der Waals surface area contributed by atoms with Crippen LogP contribution in [0.5, 0.6) is 0 Å². The van der Waals surface area contributed by atoms with Gasteiger partial charge < -0.3 is 14.4 Å². The number of hydrogen-bond donors (Lipinski definition) is 0. The quantitative estimate of drug-likeness (QED) is 0.864. The summed E-state index contributed by atoms with van der Waals surface area (Å²) in [4.78, 5) is 21.5. The van der Waals surface area contributed by atoms with Crippen molar-refractivity contribution in [2.75, 3.05) is 20.1 Å². The third kappa shape index (κ3) is 3.64. The Hall–Kier alpha value is -1.66. The van der Waals surface area contributed by atoms with E-state index in [4.69, 9.17) is 0 Å². The van der Waals surface area contributed by atoms with Crippen LogP contribution in [0.3, 0.4) is 0 Å². The molecule has 124 valence electrons. The smallest absolute Gasteiger partial charge is 0.255 e. The van der Waals surface area contributed by atoms with E-state index in [2.05, 4.69) is 35.3 Å². The second-order valence-corrected chi connectivity index (χ2v) is 7.37. The van der Waals surface area contributed by atoms with Crippen molar-refractivity contribution in [3.63, 3.8) is 0 Å². The van der Waals surface area contributed by atoms with Crippen LogP contribution in [-0.2, 0) is 13.1 Å². The number of aromatic nitrogens is 2. The number of carbonyl (C=O) groups excluding carboxylic acids is 1. The standard InChI is InChI=1S/C17H24N4OS/c1-13(2)19(3)8-14-9-20-6-5-18-16(20)11-21(10-14)17(22)15-4-7-23-12-15/h4-7,12-14H,8-11H2,1-3H3/t14-/m1/s1. The summed E-state index contributed by atoms with van der Waals surface area (Å²) in [7, 11) is 2.15. The number of hydrogen-bond acceptors (Lipinski definition) is 4. The third-order valence-electron chi connectivity index (χ3n) is 4.55. The van der Waals surface area contributed by atoms with Gasteiger partial charge in [-0.1, -0.05) is 0 Å². The van der Waals surface area contributed by atoms with E-state index < -0.39 is 0 Å². The Kier molecular flexibility index (Phi) is 4.82. The van der Waals surface area contributed by atoms with E-state index in [0.29, 0.717) is 18.5 Å². The van der Waals surface area contributed by atoms with Gasteiger partial charge in [0.25, 0.3) is 5.91 Å². The minimum absolute atomic E-state index is 0.111. The molecule has 0 aromatic carbocycles. The predicted octanol–water partition coefficient (Wildman–Crippen LogP) is 2.56. The van der Waals surface area contributed by atoms with Gasteiger partial charge in [-0.15, -0.1) is 0 Å². The largest absolute Gasteiger partial charge is 0.333 e. The summed E-state index contributed by atoms with van der Waals surface area (Å²) in [6.07, 6.45) is 3.85. The first-order chi connectivity index (χ1) is 11.0. The Morgan fingerprint density at radius 3 is 3.00 bits per heavy atom. The first kappa shape index (κ1) is 16.2. The number of rotatable bonds is 4. The second kappa shape index (κ2) is 6.84. The van der Waals surface area contributed by atoms with E-state index in [-0.39, 0.29) is 5.91 Å². The van der Waals surface area contributed by atoms with Gasteiger partial charge in [-0.3, -0.25) is 4.79 Å². The van der Waals surface area contributed by atoms with E-state index in [9.17, 15) is 4.79 Å². The predicted molar refractivity (Wildman–Crippen MR) is 92.5 cm³/mol. The van der Waals surface area contributed by atoms with Crippen molar-refractivity contribution in [3.8, 4) is 0 Å². The van der Waals surface area contributed by atoms with E-state index >= 15 is 0 Å². The Labute approximate surface area is 141 Å². The van der Waals surface area contributed by atoms with Gasteiger partial charge in [0.2, 0.25) is 0 Å². The lowest BCUT2D eigenvalue weighted by Gasteiger charge is -2.29. The molecule has 23 heavy (non-hydrogen) atoms. The Balaban J connectivity index is 1.81. The van der Waals surface area contributed by atoms with Crippen LogP contribution in [0.2, 0.25) is 0 Å². The molecule has 0 fully saturated rings. The maximum atomic E-state index is 12.8. The molecule has 1 aliphatic heterocycles. The molecule has 0 unspecified atom stereocenters. The number of thiophene rings is 1. The average Bonchev–Trinajstić information content (AvgIpc) is 3.15. The molecule has 5 nitrogen and oxygen atoms in total. The van der Waals surface area contributed by atoms with Crippen LogP contribution in [0.4, 0.5) is 0 Å². The van der Waals surface area contributed by atoms with Crippen molar-refractivity contribution < 1.29 is 4.79 Å². The zero-order chi connectivity index (χ0) is 16.4. The molecule has 0 bridgehead atoms. The molecular weight excluding hydrogens is 308 g/mol. The minimum Gasteiger partial charge on any atom is -0.333 e. The van der Waals surface area contributed by atoms with Gasteiger partial charge in [0, 0.05) is 49.4 Å². The first-order valence-electron chi connectivity index (χ1n) is 8.06. The molecule has 2 aromatic heterocycles. The molecular formula is C17H24N4OS. The van der Waals surface area contributed by atoms with Gasteiger partial charge in [-0.25, -0.2) is 4.98 Å². The molecule has 0 N–H and O–H groups in total. The van der Waals surface area contributed by atoms with Crippen LogP contribution in [0, 0.1) is 5.92 Å². The topological polar surface area (TPSA) is 41.4 Å². The van der Waals surface area contributed by atoms with Crippen molar-refractivity contribution in [2.45, 2.75) is 33.0 Å². The van der Waals surface area contributed by atoms with Gasteiger partial charge in [-0.2, -0.15) is 11.3 Å². The van der Waals surface area contributed by atoms with E-state index in [1.54, 1.807) is 11.3 Å². The SMILES string of the molecule is CC(C)N(C)C[C@H]1CN(C(=O)c2ccsc2)Cc2nccn2C1. The van der Waals surface area contributed by atoms with Gasteiger partial charge in [0.1, 0.15) is 5.82 Å². The van der Waals surface area contributed by atoms with Crippen molar-refractivity contribution in [3.05, 3.63) is 40.6 Å². The second-order valence-electron chi connectivity index (χ2n) is 6.59. The first-order valence-corrected chi connectivity index (χ1v) is 9.00. The number of imidazole rings is 1. The number of amides is 1. The molecule has 3 rings (SSSR count). The number of carbonyl (C=O) groups is 1. The molecule has 1 amide bonds. The van der Waals surface area contributed by atoms with E-state index in [1.807, 2.05) is 34.1 Å². The van der Waals surface area contributed by atoms with Gasteiger partial charge in [0.15, 0.2) is 0 Å². The molecule has 0 radical (unpaired) electrons. The minimum atomic E-state index is 0.111. The van der Waals surface area contributed by atoms with Crippen molar-refractivity contribution in [2.24, 2.45) is 5.92 Å². The summed E-state index contributed by atoms with van der Waals surface area (Å²) in [6, 6.07) is 2.40. The monoisotopic (exact) mass is 332 g/mol. The van der Waals surface area contributed by atoms with Crippen LogP contribution >= 0.6 is 11.3 Å². The zero-order valence-electron chi connectivity index (χ0n) is 14.0. The number of nitrogens with zero attached hydrogens (tertiary/aromatic N) is 4. The summed E-state index contributed by atoms with van der Waals surface area (Å²) >= 11 is 1.56. The highest BCUT2D eigenvalue weighted by atomic mass is 32.1. The molecule has 0 saturated carbocycles. The molecule has 1 aliphatic rings. The number of fused-ring (bicyclic) bond motifs is 1. The fraction of sp³-hybridized carbons (Fsp3) is 0.529. The van der Waals surface area contributed by atoms with Crippen molar-refractivity contribution >= 4 is 17.2 Å². The Morgan fingerprint density at radius 1 is 1.48 bits per heavy atom. The summed E-state index contributed by atoms with van der Waals surface area (Å²) in [5, 5.41) is 3.88. The normalized spacial score (nSPS) is 18.3.